The van der Waals surface area contributed by atoms with Crippen LogP contribution in [0.1, 0.15) is 31.2 Å². The molecule has 30 heavy (non-hydrogen) atoms. The number of fused-ring (bicyclic) bond motifs is 1. The van der Waals surface area contributed by atoms with Gasteiger partial charge in [0.25, 0.3) is 5.56 Å². The number of esters is 1. The third-order valence-corrected chi connectivity index (χ3v) is 5.92. The molecule has 0 fully saturated rings. The van der Waals surface area contributed by atoms with E-state index in [9.17, 15) is 14.0 Å². The highest BCUT2D eigenvalue weighted by atomic mass is 35.5. The summed E-state index contributed by atoms with van der Waals surface area (Å²) >= 11 is 7.19. The van der Waals surface area contributed by atoms with Crippen molar-refractivity contribution >= 4 is 35.0 Å². The van der Waals surface area contributed by atoms with E-state index in [0.29, 0.717) is 16.3 Å². The van der Waals surface area contributed by atoms with Gasteiger partial charge in [0.2, 0.25) is 0 Å². The van der Waals surface area contributed by atoms with Crippen LogP contribution in [0.2, 0.25) is 5.02 Å². The first kappa shape index (κ1) is 20.3. The fraction of sp³-hybridized carbons (Fsp3) is 0.190. The smallest absolute Gasteiger partial charge is 0.338 e. The Bertz CT molecular complexity index is 1320. The molecule has 1 aliphatic rings. The molecule has 1 aromatic carbocycles. The molecule has 0 saturated carbocycles. The first-order valence-corrected chi connectivity index (χ1v) is 10.3. The summed E-state index contributed by atoms with van der Waals surface area (Å²) in [6.07, 6.45) is 2.85. The van der Waals surface area contributed by atoms with Gasteiger partial charge in [0.15, 0.2) is 4.80 Å². The molecule has 0 amide bonds. The third-order valence-electron chi connectivity index (χ3n) is 4.60. The topological polar surface area (TPSA) is 73.8 Å². The second-order valence-corrected chi connectivity index (χ2v) is 7.87. The van der Waals surface area contributed by atoms with E-state index in [0.717, 1.165) is 11.3 Å². The zero-order valence-electron chi connectivity index (χ0n) is 16.0. The van der Waals surface area contributed by atoms with Crippen LogP contribution >= 0.6 is 22.9 Å². The highest BCUT2D eigenvalue weighted by molar-refractivity contribution is 7.07. The highest BCUT2D eigenvalue weighted by Gasteiger charge is 2.35. The van der Waals surface area contributed by atoms with Gasteiger partial charge in [-0.25, -0.2) is 14.2 Å². The van der Waals surface area contributed by atoms with E-state index in [1.165, 1.54) is 29.0 Å². The molecule has 154 valence electrons. The molecule has 0 radical (unpaired) electrons. The minimum Gasteiger partial charge on any atom is -0.467 e. The molecule has 0 N–H and O–H groups in total. The van der Waals surface area contributed by atoms with Crippen LogP contribution in [0.15, 0.2) is 62.1 Å². The van der Waals surface area contributed by atoms with Crippen molar-refractivity contribution in [3.8, 4) is 0 Å². The maximum atomic E-state index is 14.2. The minimum absolute atomic E-state index is 0.111. The molecule has 0 aliphatic carbocycles. The van der Waals surface area contributed by atoms with Gasteiger partial charge in [0, 0.05) is 5.56 Å². The number of benzene rings is 1. The third kappa shape index (κ3) is 3.42. The number of thiazole rings is 1. The number of nitrogens with zero attached hydrogens (tertiary/aromatic N) is 2. The predicted molar refractivity (Wildman–Crippen MR) is 111 cm³/mol. The standard InChI is InChI=1S/C21H16ClFN2O4S/c1-3-28-20(27)17-11(2)24-21-25(18(17)15-8-5-9-29-15)19(26)16(30-21)10-12-13(22)6-4-7-14(12)23/h4-10,18H,3H2,1-2H3. The average molecular weight is 447 g/mol. The summed E-state index contributed by atoms with van der Waals surface area (Å²) in [5.41, 5.74) is 0.315. The van der Waals surface area contributed by atoms with Gasteiger partial charge in [-0.2, -0.15) is 0 Å². The summed E-state index contributed by atoms with van der Waals surface area (Å²) in [6, 6.07) is 6.80. The van der Waals surface area contributed by atoms with Crippen molar-refractivity contribution < 1.29 is 18.3 Å². The molecule has 2 aromatic heterocycles. The summed E-state index contributed by atoms with van der Waals surface area (Å²) in [4.78, 5) is 30.7. The summed E-state index contributed by atoms with van der Waals surface area (Å²) < 4.78 is 26.5. The Kier molecular flexibility index (Phi) is 5.44. The molecule has 6 nitrogen and oxygen atoms in total. The number of ether oxygens (including phenoxy) is 1. The molecule has 0 bridgehead atoms. The Balaban J connectivity index is 1.98. The number of carbonyl (C=O) groups excluding carboxylic acids is 1. The maximum Gasteiger partial charge on any atom is 0.338 e. The molecule has 1 unspecified atom stereocenters. The van der Waals surface area contributed by atoms with Crippen LogP contribution in [-0.2, 0) is 9.53 Å². The van der Waals surface area contributed by atoms with Crippen LogP contribution in [0.3, 0.4) is 0 Å². The van der Waals surface area contributed by atoms with E-state index in [-0.39, 0.29) is 27.3 Å². The first-order valence-electron chi connectivity index (χ1n) is 9.09. The predicted octanol–water partition coefficient (Wildman–Crippen LogP) is 3.18. The zero-order valence-corrected chi connectivity index (χ0v) is 17.6. The molecule has 3 aromatic rings. The summed E-state index contributed by atoms with van der Waals surface area (Å²) in [7, 11) is 0. The second-order valence-electron chi connectivity index (χ2n) is 6.45. The maximum absolute atomic E-state index is 14.2. The molecular formula is C21H16ClFN2O4S. The van der Waals surface area contributed by atoms with E-state index in [4.69, 9.17) is 20.8 Å². The summed E-state index contributed by atoms with van der Waals surface area (Å²) in [5.74, 6) is -0.727. The normalized spacial score (nSPS) is 16.4. The lowest BCUT2D eigenvalue weighted by molar-refractivity contribution is -0.139. The Labute approximate surface area is 179 Å². The van der Waals surface area contributed by atoms with Crippen molar-refractivity contribution in [2.45, 2.75) is 19.9 Å². The van der Waals surface area contributed by atoms with Crippen LogP contribution in [-0.4, -0.2) is 17.1 Å². The Morgan fingerprint density at radius 3 is 2.87 bits per heavy atom. The van der Waals surface area contributed by atoms with Gasteiger partial charge in [0.05, 0.1) is 33.7 Å². The lowest BCUT2D eigenvalue weighted by Gasteiger charge is -2.22. The lowest BCUT2D eigenvalue weighted by Crippen LogP contribution is -2.39. The van der Waals surface area contributed by atoms with Gasteiger partial charge >= 0.3 is 5.97 Å². The van der Waals surface area contributed by atoms with E-state index in [1.807, 2.05) is 0 Å². The van der Waals surface area contributed by atoms with Crippen molar-refractivity contribution in [1.29, 1.82) is 0 Å². The Morgan fingerprint density at radius 2 is 2.20 bits per heavy atom. The zero-order chi connectivity index (χ0) is 21.4. The first-order chi connectivity index (χ1) is 14.4. The number of halogens is 2. The molecular weight excluding hydrogens is 431 g/mol. The van der Waals surface area contributed by atoms with Crippen molar-refractivity contribution in [2.24, 2.45) is 4.99 Å². The van der Waals surface area contributed by atoms with Crippen LogP contribution in [0, 0.1) is 5.82 Å². The van der Waals surface area contributed by atoms with Crippen molar-refractivity contribution in [1.82, 2.24) is 4.57 Å². The van der Waals surface area contributed by atoms with Crippen LogP contribution < -0.4 is 14.9 Å². The number of furan rings is 1. The van der Waals surface area contributed by atoms with E-state index >= 15 is 0 Å². The van der Waals surface area contributed by atoms with Gasteiger partial charge < -0.3 is 9.15 Å². The van der Waals surface area contributed by atoms with Crippen molar-refractivity contribution in [3.05, 3.63) is 89.7 Å². The Morgan fingerprint density at radius 1 is 1.40 bits per heavy atom. The fourth-order valence-electron chi connectivity index (χ4n) is 3.29. The number of carbonyl (C=O) groups is 1. The number of hydrogen-bond donors (Lipinski definition) is 0. The van der Waals surface area contributed by atoms with Crippen molar-refractivity contribution in [3.63, 3.8) is 0 Å². The van der Waals surface area contributed by atoms with Crippen LogP contribution in [0.25, 0.3) is 6.08 Å². The van der Waals surface area contributed by atoms with E-state index < -0.39 is 23.4 Å². The largest absolute Gasteiger partial charge is 0.467 e. The second kappa shape index (κ2) is 8.04. The average Bonchev–Trinajstić information content (AvgIpc) is 3.33. The molecule has 0 spiro atoms. The van der Waals surface area contributed by atoms with E-state index in [1.54, 1.807) is 32.0 Å². The SMILES string of the molecule is CCOC(=O)C1=C(C)N=c2sc(=Cc3c(F)cccc3Cl)c(=O)n2C1c1ccco1. The number of aromatic nitrogens is 1. The Hall–Kier alpha value is -2.97. The van der Waals surface area contributed by atoms with E-state index in [2.05, 4.69) is 4.99 Å². The van der Waals surface area contributed by atoms with Gasteiger partial charge in [-0.05, 0) is 44.2 Å². The van der Waals surface area contributed by atoms with Gasteiger partial charge in [-0.3, -0.25) is 9.36 Å². The van der Waals surface area contributed by atoms with Crippen LogP contribution in [0.4, 0.5) is 4.39 Å². The number of allylic oxidation sites excluding steroid dienone is 1. The molecule has 9 heteroatoms. The number of rotatable bonds is 4. The summed E-state index contributed by atoms with van der Waals surface area (Å²) in [6.45, 7) is 3.55. The minimum atomic E-state index is -0.839. The molecule has 0 saturated heterocycles. The molecule has 1 aliphatic heterocycles. The molecule has 1 atom stereocenters. The fourth-order valence-corrected chi connectivity index (χ4v) is 4.53. The highest BCUT2D eigenvalue weighted by Crippen LogP contribution is 2.30. The van der Waals surface area contributed by atoms with Gasteiger partial charge in [-0.15, -0.1) is 0 Å². The van der Waals surface area contributed by atoms with Gasteiger partial charge in [0.1, 0.15) is 17.6 Å². The quantitative estimate of drug-likeness (QED) is 0.577. The molecule has 4 rings (SSSR count). The van der Waals surface area contributed by atoms with Crippen LogP contribution in [0.5, 0.6) is 0 Å². The number of hydrogen-bond acceptors (Lipinski definition) is 6. The summed E-state index contributed by atoms with van der Waals surface area (Å²) in [5, 5.41) is 0.187. The van der Waals surface area contributed by atoms with Crippen molar-refractivity contribution in [2.75, 3.05) is 6.61 Å². The molecule has 3 heterocycles. The van der Waals surface area contributed by atoms with Gasteiger partial charge in [-0.1, -0.05) is 29.0 Å². The lowest BCUT2D eigenvalue weighted by atomic mass is 10.0. The monoisotopic (exact) mass is 446 g/mol.